The van der Waals surface area contributed by atoms with Crippen molar-refractivity contribution in [3.63, 3.8) is 0 Å². The molecule has 4 aromatic rings. The first-order valence-electron chi connectivity index (χ1n) is 12.2. The lowest BCUT2D eigenvalue weighted by Gasteiger charge is -2.32. The summed E-state index contributed by atoms with van der Waals surface area (Å²) in [6, 6.07) is 18.7. The van der Waals surface area contributed by atoms with Gasteiger partial charge >= 0.3 is 0 Å². The molecule has 5 heteroatoms. The number of aromatic nitrogens is 2. The first-order valence-corrected chi connectivity index (χ1v) is 12.2. The smallest absolute Gasteiger partial charge is 0.204 e. The van der Waals surface area contributed by atoms with Crippen LogP contribution in [0.25, 0.3) is 21.8 Å². The van der Waals surface area contributed by atoms with Crippen molar-refractivity contribution in [1.82, 2.24) is 14.5 Å². The molecule has 0 spiro atoms. The number of benzene rings is 2. The summed E-state index contributed by atoms with van der Waals surface area (Å²) in [4.78, 5) is 7.36. The lowest BCUT2D eigenvalue weighted by molar-refractivity contribution is 0.168. The molecule has 1 aliphatic heterocycles. The summed E-state index contributed by atoms with van der Waals surface area (Å²) in [5, 5.41) is 12.8. The molecule has 0 atom stereocenters. The van der Waals surface area contributed by atoms with Gasteiger partial charge in [0, 0.05) is 24.7 Å². The van der Waals surface area contributed by atoms with Gasteiger partial charge in [0.25, 0.3) is 0 Å². The number of aryl methyl sites for hydroxylation is 1. The number of likely N-dealkylation sites (tertiary alicyclic amines) is 1. The molecule has 0 radical (unpaired) electrons. The molecule has 1 N–H and O–H groups in total. The van der Waals surface area contributed by atoms with Crippen LogP contribution in [0.1, 0.15) is 38.2 Å². The fourth-order valence-electron chi connectivity index (χ4n) is 4.98. The van der Waals surface area contributed by atoms with E-state index < -0.39 is 0 Å². The van der Waals surface area contributed by atoms with E-state index in [1.807, 2.05) is 35.0 Å². The summed E-state index contributed by atoms with van der Waals surface area (Å²) >= 11 is 0. The van der Waals surface area contributed by atoms with Gasteiger partial charge in [0.2, 0.25) is 5.88 Å². The van der Waals surface area contributed by atoms with Crippen LogP contribution in [0.15, 0.2) is 60.8 Å². The van der Waals surface area contributed by atoms with E-state index in [4.69, 9.17) is 9.72 Å². The van der Waals surface area contributed by atoms with Crippen LogP contribution in [0.2, 0.25) is 0 Å². The third kappa shape index (κ3) is 4.69. The van der Waals surface area contributed by atoms with Gasteiger partial charge in [0.1, 0.15) is 11.1 Å². The maximum Gasteiger partial charge on any atom is 0.204 e. The highest BCUT2D eigenvalue weighted by atomic mass is 16.5. The molecular formula is C28H33N3O2. The Balaban J connectivity index is 1.28. The molecule has 2 aromatic heterocycles. The molecule has 5 rings (SSSR count). The van der Waals surface area contributed by atoms with Crippen LogP contribution in [0.5, 0.6) is 11.6 Å². The molecule has 33 heavy (non-hydrogen) atoms. The van der Waals surface area contributed by atoms with Crippen molar-refractivity contribution in [3.05, 3.63) is 66.4 Å². The van der Waals surface area contributed by atoms with Crippen LogP contribution in [0, 0.1) is 5.92 Å². The molecule has 0 aliphatic carbocycles. The average molecular weight is 444 g/mol. The first-order chi connectivity index (χ1) is 16.2. The summed E-state index contributed by atoms with van der Waals surface area (Å²) in [6.45, 7) is 6.83. The van der Waals surface area contributed by atoms with Gasteiger partial charge in [-0.3, -0.25) is 4.90 Å². The van der Waals surface area contributed by atoms with Crippen LogP contribution in [0.3, 0.4) is 0 Å². The van der Waals surface area contributed by atoms with E-state index in [9.17, 15) is 5.11 Å². The largest absolute Gasteiger partial charge is 0.494 e. The fourth-order valence-corrected chi connectivity index (χ4v) is 4.98. The molecule has 1 aliphatic rings. The second-order valence-corrected chi connectivity index (χ2v) is 9.21. The lowest BCUT2D eigenvalue weighted by atomic mass is 9.93. The Kier molecular flexibility index (Phi) is 6.49. The van der Waals surface area contributed by atoms with E-state index in [1.165, 1.54) is 18.4 Å². The van der Waals surface area contributed by atoms with Gasteiger partial charge in [-0.15, -0.1) is 0 Å². The van der Waals surface area contributed by atoms with E-state index in [-0.39, 0.29) is 5.88 Å². The fraction of sp³-hybridized carbons (Fsp3) is 0.393. The van der Waals surface area contributed by atoms with Gasteiger partial charge in [0.05, 0.1) is 17.6 Å². The Hall–Kier alpha value is -3.05. The van der Waals surface area contributed by atoms with Crippen molar-refractivity contribution in [2.24, 2.45) is 5.92 Å². The number of aromatic hydroxyl groups is 1. The zero-order valence-corrected chi connectivity index (χ0v) is 19.4. The quantitative estimate of drug-likeness (QED) is 0.364. The maximum absolute atomic E-state index is 11.1. The van der Waals surface area contributed by atoms with Crippen LogP contribution < -0.4 is 4.74 Å². The third-order valence-electron chi connectivity index (χ3n) is 6.83. The number of pyridine rings is 1. The summed E-state index contributed by atoms with van der Waals surface area (Å²) in [5.41, 5.74) is 3.09. The number of piperidine rings is 1. The summed E-state index contributed by atoms with van der Waals surface area (Å²) in [6.07, 6.45) is 6.39. The minimum Gasteiger partial charge on any atom is -0.494 e. The predicted molar refractivity (Wildman–Crippen MR) is 134 cm³/mol. The standard InChI is InChI=1S/C28H33N3O2/c1-2-18-33-27-23-10-6-7-11-24(23)29-25-20-31(28(32)26(25)27)17-14-21-12-15-30(16-13-21)19-22-8-4-3-5-9-22/h3-11,20-21,32H,2,12-19H2,1H3. The SMILES string of the molecule is CCCOc1c2ccccc2nc2cn(CCC3CCN(Cc4ccccc4)CC3)c(O)c12. The van der Waals surface area contributed by atoms with Crippen LogP contribution in [-0.4, -0.2) is 39.3 Å². The molecule has 0 amide bonds. The van der Waals surface area contributed by atoms with Crippen molar-refractivity contribution in [2.75, 3.05) is 19.7 Å². The number of fused-ring (bicyclic) bond motifs is 2. The highest BCUT2D eigenvalue weighted by Crippen LogP contribution is 2.40. The third-order valence-corrected chi connectivity index (χ3v) is 6.83. The number of para-hydroxylation sites is 1. The molecular weight excluding hydrogens is 410 g/mol. The van der Waals surface area contributed by atoms with Gasteiger partial charge in [0.15, 0.2) is 0 Å². The van der Waals surface area contributed by atoms with E-state index in [1.54, 1.807) is 0 Å². The minimum atomic E-state index is 0.274. The Morgan fingerprint density at radius 2 is 1.76 bits per heavy atom. The molecule has 0 unspecified atom stereocenters. The number of nitrogens with zero attached hydrogens (tertiary/aromatic N) is 3. The Labute approximate surface area is 195 Å². The highest BCUT2D eigenvalue weighted by molar-refractivity contribution is 6.03. The van der Waals surface area contributed by atoms with E-state index in [0.717, 1.165) is 66.6 Å². The van der Waals surface area contributed by atoms with Crippen molar-refractivity contribution >= 4 is 21.8 Å². The van der Waals surface area contributed by atoms with Gasteiger partial charge in [-0.25, -0.2) is 4.98 Å². The monoisotopic (exact) mass is 443 g/mol. The second-order valence-electron chi connectivity index (χ2n) is 9.21. The van der Waals surface area contributed by atoms with Gasteiger partial charge in [-0.2, -0.15) is 0 Å². The van der Waals surface area contributed by atoms with Crippen molar-refractivity contribution < 1.29 is 9.84 Å². The van der Waals surface area contributed by atoms with E-state index in [2.05, 4.69) is 42.2 Å². The topological polar surface area (TPSA) is 50.5 Å². The molecule has 1 saturated heterocycles. The van der Waals surface area contributed by atoms with Crippen molar-refractivity contribution in [2.45, 2.75) is 45.7 Å². The normalized spacial score (nSPS) is 15.4. The van der Waals surface area contributed by atoms with Gasteiger partial charge < -0.3 is 14.4 Å². The molecule has 2 aromatic carbocycles. The zero-order chi connectivity index (χ0) is 22.6. The number of hydrogen-bond donors (Lipinski definition) is 1. The summed E-state index contributed by atoms with van der Waals surface area (Å²) in [5.74, 6) is 1.71. The van der Waals surface area contributed by atoms with Crippen molar-refractivity contribution in [3.8, 4) is 11.6 Å². The zero-order valence-electron chi connectivity index (χ0n) is 19.4. The van der Waals surface area contributed by atoms with Crippen LogP contribution in [-0.2, 0) is 13.1 Å². The Bertz CT molecular complexity index is 1210. The first kappa shape index (κ1) is 21.8. The van der Waals surface area contributed by atoms with Gasteiger partial charge in [-0.1, -0.05) is 49.4 Å². The molecule has 1 fully saturated rings. The van der Waals surface area contributed by atoms with Gasteiger partial charge in [-0.05, 0) is 62.4 Å². The summed E-state index contributed by atoms with van der Waals surface area (Å²) in [7, 11) is 0. The Morgan fingerprint density at radius 1 is 1.00 bits per heavy atom. The Morgan fingerprint density at radius 3 is 2.55 bits per heavy atom. The lowest BCUT2D eigenvalue weighted by Crippen LogP contribution is -2.33. The average Bonchev–Trinajstić information content (AvgIpc) is 3.17. The summed E-state index contributed by atoms with van der Waals surface area (Å²) < 4.78 is 8.08. The van der Waals surface area contributed by atoms with Crippen LogP contribution in [0.4, 0.5) is 0 Å². The number of hydrogen-bond acceptors (Lipinski definition) is 4. The number of rotatable bonds is 8. The predicted octanol–water partition coefficient (Wildman–Crippen LogP) is 5.99. The molecule has 5 nitrogen and oxygen atoms in total. The second kappa shape index (κ2) is 9.84. The van der Waals surface area contributed by atoms with E-state index >= 15 is 0 Å². The minimum absolute atomic E-state index is 0.274. The van der Waals surface area contributed by atoms with Crippen molar-refractivity contribution in [1.29, 1.82) is 0 Å². The molecule has 172 valence electrons. The molecule has 0 saturated carbocycles. The maximum atomic E-state index is 11.1. The van der Waals surface area contributed by atoms with Crippen LogP contribution >= 0.6 is 0 Å². The molecule has 3 heterocycles. The number of ether oxygens (including phenoxy) is 1. The van der Waals surface area contributed by atoms with E-state index in [0.29, 0.717) is 12.5 Å². The molecule has 0 bridgehead atoms. The highest BCUT2D eigenvalue weighted by Gasteiger charge is 2.22.